The highest BCUT2D eigenvalue weighted by Gasteiger charge is 2.21. The van der Waals surface area contributed by atoms with Gasteiger partial charge in [0.05, 0.1) is 6.61 Å². The van der Waals surface area contributed by atoms with Crippen molar-refractivity contribution in [2.75, 3.05) is 10.6 Å². The first-order valence-corrected chi connectivity index (χ1v) is 8.14. The maximum Gasteiger partial charge on any atom is 0.229 e. The first-order valence-electron chi connectivity index (χ1n) is 8.14. The zero-order valence-corrected chi connectivity index (χ0v) is 14.8. The fourth-order valence-electron chi connectivity index (χ4n) is 2.14. The predicted molar refractivity (Wildman–Crippen MR) is 99.0 cm³/mol. The number of hydrogen-bond acceptors (Lipinski definition) is 3. The summed E-state index contributed by atoms with van der Waals surface area (Å²) in [5.41, 5.74) is 4.43. The third kappa shape index (κ3) is 4.83. The molecular formula is C20H26N2O2. The molecule has 0 aromatic heterocycles. The molecule has 0 unspecified atom stereocenters. The number of rotatable bonds is 5. The number of carbonyl (C=O) groups is 1. The first-order chi connectivity index (χ1) is 11.3. The van der Waals surface area contributed by atoms with Crippen molar-refractivity contribution in [2.45, 2.75) is 40.8 Å². The predicted octanol–water partition coefficient (Wildman–Crippen LogP) is 4.08. The molecule has 0 atom stereocenters. The van der Waals surface area contributed by atoms with Crippen LogP contribution in [0.25, 0.3) is 0 Å². The summed E-state index contributed by atoms with van der Waals surface area (Å²) in [5, 5.41) is 15.4. The molecule has 24 heavy (non-hydrogen) atoms. The van der Waals surface area contributed by atoms with Crippen molar-refractivity contribution >= 4 is 17.3 Å². The molecule has 4 nitrogen and oxygen atoms in total. The number of aryl methyl sites for hydroxylation is 1. The maximum atomic E-state index is 12.2. The van der Waals surface area contributed by atoms with Crippen LogP contribution in [-0.2, 0) is 17.9 Å². The molecule has 2 aromatic rings. The Balaban J connectivity index is 2.05. The summed E-state index contributed by atoms with van der Waals surface area (Å²) < 4.78 is 0. The van der Waals surface area contributed by atoms with Crippen LogP contribution < -0.4 is 10.6 Å². The Morgan fingerprint density at radius 1 is 1.04 bits per heavy atom. The molecule has 1 amide bonds. The Labute approximate surface area is 143 Å². The van der Waals surface area contributed by atoms with E-state index in [2.05, 4.69) is 10.6 Å². The van der Waals surface area contributed by atoms with Gasteiger partial charge in [-0.05, 0) is 35.7 Å². The molecule has 0 saturated heterocycles. The SMILES string of the molecule is Cc1ccc(NCc2ccc(CO)cc2)cc1NC(=O)C(C)(C)C. The smallest absolute Gasteiger partial charge is 0.229 e. The second-order valence-corrected chi connectivity index (χ2v) is 7.06. The fraction of sp³-hybridized carbons (Fsp3) is 0.350. The summed E-state index contributed by atoms with van der Waals surface area (Å²) in [6, 6.07) is 13.8. The fourth-order valence-corrected chi connectivity index (χ4v) is 2.14. The van der Waals surface area contributed by atoms with E-state index >= 15 is 0 Å². The van der Waals surface area contributed by atoms with Crippen molar-refractivity contribution < 1.29 is 9.90 Å². The molecule has 0 saturated carbocycles. The van der Waals surface area contributed by atoms with Gasteiger partial charge in [0.2, 0.25) is 5.91 Å². The van der Waals surface area contributed by atoms with Crippen molar-refractivity contribution in [3.05, 3.63) is 59.2 Å². The lowest BCUT2D eigenvalue weighted by Gasteiger charge is -2.19. The molecule has 4 heteroatoms. The lowest BCUT2D eigenvalue weighted by molar-refractivity contribution is -0.123. The molecule has 0 radical (unpaired) electrons. The van der Waals surface area contributed by atoms with Gasteiger partial charge in [-0.15, -0.1) is 0 Å². The number of nitrogens with one attached hydrogen (secondary N) is 2. The number of hydrogen-bond donors (Lipinski definition) is 3. The van der Waals surface area contributed by atoms with E-state index in [4.69, 9.17) is 5.11 Å². The van der Waals surface area contributed by atoms with Gasteiger partial charge in [-0.2, -0.15) is 0 Å². The van der Waals surface area contributed by atoms with Crippen LogP contribution in [0.2, 0.25) is 0 Å². The molecular weight excluding hydrogens is 300 g/mol. The van der Waals surface area contributed by atoms with Gasteiger partial charge < -0.3 is 15.7 Å². The van der Waals surface area contributed by atoms with Gasteiger partial charge in [0.1, 0.15) is 0 Å². The molecule has 2 rings (SSSR count). The number of aliphatic hydroxyl groups excluding tert-OH is 1. The summed E-state index contributed by atoms with van der Waals surface area (Å²) in [4.78, 5) is 12.2. The monoisotopic (exact) mass is 326 g/mol. The van der Waals surface area contributed by atoms with E-state index in [1.165, 1.54) is 0 Å². The number of carbonyl (C=O) groups excluding carboxylic acids is 1. The summed E-state index contributed by atoms with van der Waals surface area (Å²) in [6.45, 7) is 8.42. The first kappa shape index (κ1) is 18.0. The number of benzene rings is 2. The lowest BCUT2D eigenvalue weighted by Crippen LogP contribution is -2.27. The molecule has 0 heterocycles. The van der Waals surface area contributed by atoms with Gasteiger partial charge in [-0.3, -0.25) is 4.79 Å². The minimum atomic E-state index is -0.426. The summed E-state index contributed by atoms with van der Waals surface area (Å²) in [5.74, 6) is 0.00217. The van der Waals surface area contributed by atoms with Crippen molar-refractivity contribution in [2.24, 2.45) is 5.41 Å². The van der Waals surface area contributed by atoms with Gasteiger partial charge in [-0.1, -0.05) is 51.1 Å². The Morgan fingerprint density at radius 2 is 1.67 bits per heavy atom. The van der Waals surface area contributed by atoms with Crippen LogP contribution in [0.3, 0.4) is 0 Å². The number of anilines is 2. The summed E-state index contributed by atoms with van der Waals surface area (Å²) in [7, 11) is 0. The maximum absolute atomic E-state index is 12.2. The summed E-state index contributed by atoms with van der Waals surface area (Å²) >= 11 is 0. The van der Waals surface area contributed by atoms with E-state index in [9.17, 15) is 4.79 Å². The quantitative estimate of drug-likeness (QED) is 0.776. The van der Waals surface area contributed by atoms with Gasteiger partial charge in [0.25, 0.3) is 0 Å². The average Bonchev–Trinajstić information content (AvgIpc) is 2.55. The highest BCUT2D eigenvalue weighted by atomic mass is 16.3. The van der Waals surface area contributed by atoms with Crippen LogP contribution in [0.5, 0.6) is 0 Å². The third-order valence-electron chi connectivity index (χ3n) is 3.87. The molecule has 0 aliphatic rings. The Bertz CT molecular complexity index is 701. The van der Waals surface area contributed by atoms with E-state index in [1.807, 2.05) is 70.2 Å². The third-order valence-corrected chi connectivity index (χ3v) is 3.87. The van der Waals surface area contributed by atoms with Crippen molar-refractivity contribution in [1.82, 2.24) is 0 Å². The van der Waals surface area contributed by atoms with E-state index in [1.54, 1.807) is 0 Å². The standard InChI is InChI=1S/C20H26N2O2/c1-14-5-10-17(11-18(14)22-19(24)20(2,3)4)21-12-15-6-8-16(13-23)9-7-15/h5-11,21,23H,12-13H2,1-4H3,(H,22,24). The van der Waals surface area contributed by atoms with Gasteiger partial charge >= 0.3 is 0 Å². The number of aliphatic hydroxyl groups is 1. The molecule has 3 N–H and O–H groups in total. The van der Waals surface area contributed by atoms with Gasteiger partial charge in [-0.25, -0.2) is 0 Å². The zero-order valence-electron chi connectivity index (χ0n) is 14.8. The van der Waals surface area contributed by atoms with Crippen LogP contribution in [0.4, 0.5) is 11.4 Å². The second-order valence-electron chi connectivity index (χ2n) is 7.06. The van der Waals surface area contributed by atoms with Crippen LogP contribution in [-0.4, -0.2) is 11.0 Å². The van der Waals surface area contributed by atoms with Crippen molar-refractivity contribution in [3.8, 4) is 0 Å². The van der Waals surface area contributed by atoms with E-state index in [-0.39, 0.29) is 12.5 Å². The van der Waals surface area contributed by atoms with Crippen molar-refractivity contribution in [1.29, 1.82) is 0 Å². The largest absolute Gasteiger partial charge is 0.392 e. The summed E-state index contributed by atoms with van der Waals surface area (Å²) in [6.07, 6.45) is 0. The zero-order chi connectivity index (χ0) is 17.7. The van der Waals surface area contributed by atoms with Gasteiger partial charge in [0.15, 0.2) is 0 Å². The molecule has 0 aliphatic heterocycles. The van der Waals surface area contributed by atoms with E-state index in [0.717, 1.165) is 28.1 Å². The van der Waals surface area contributed by atoms with Crippen LogP contribution >= 0.6 is 0 Å². The molecule has 2 aromatic carbocycles. The molecule has 0 aliphatic carbocycles. The van der Waals surface area contributed by atoms with Crippen molar-refractivity contribution in [3.63, 3.8) is 0 Å². The van der Waals surface area contributed by atoms with E-state index in [0.29, 0.717) is 6.54 Å². The Morgan fingerprint density at radius 3 is 2.25 bits per heavy atom. The minimum Gasteiger partial charge on any atom is -0.392 e. The Kier molecular flexibility index (Phi) is 5.62. The second kappa shape index (κ2) is 7.49. The van der Waals surface area contributed by atoms with Crippen LogP contribution in [0, 0.1) is 12.3 Å². The molecule has 128 valence electrons. The molecule has 0 fully saturated rings. The Hall–Kier alpha value is -2.33. The van der Waals surface area contributed by atoms with Gasteiger partial charge in [0, 0.05) is 23.3 Å². The molecule has 0 spiro atoms. The molecule has 0 bridgehead atoms. The number of amides is 1. The topological polar surface area (TPSA) is 61.4 Å². The minimum absolute atomic E-state index is 0.00217. The normalized spacial score (nSPS) is 11.2. The average molecular weight is 326 g/mol. The van der Waals surface area contributed by atoms with E-state index < -0.39 is 5.41 Å². The highest BCUT2D eigenvalue weighted by molar-refractivity contribution is 5.95. The highest BCUT2D eigenvalue weighted by Crippen LogP contribution is 2.24. The van der Waals surface area contributed by atoms with Crippen LogP contribution in [0.15, 0.2) is 42.5 Å². The van der Waals surface area contributed by atoms with Crippen LogP contribution in [0.1, 0.15) is 37.5 Å². The lowest BCUT2D eigenvalue weighted by atomic mass is 9.95.